The van der Waals surface area contributed by atoms with E-state index < -0.39 is 0 Å². The molecule has 1 fully saturated rings. The predicted molar refractivity (Wildman–Crippen MR) is 111 cm³/mol. The third-order valence-corrected chi connectivity index (χ3v) is 5.32. The van der Waals surface area contributed by atoms with Crippen LogP contribution >= 0.6 is 11.3 Å². The van der Waals surface area contributed by atoms with Crippen molar-refractivity contribution in [3.63, 3.8) is 0 Å². The Morgan fingerprint density at radius 1 is 1.18 bits per heavy atom. The van der Waals surface area contributed by atoms with Crippen molar-refractivity contribution in [2.24, 2.45) is 0 Å². The molecule has 0 aliphatic heterocycles. The molecule has 2 aromatic rings. The van der Waals surface area contributed by atoms with Gasteiger partial charge in [0.25, 0.3) is 0 Å². The lowest BCUT2D eigenvalue weighted by Gasteiger charge is -2.22. The van der Waals surface area contributed by atoms with Gasteiger partial charge in [-0.1, -0.05) is 31.4 Å². The maximum atomic E-state index is 12.3. The van der Waals surface area contributed by atoms with Crippen molar-refractivity contribution < 1.29 is 14.3 Å². The van der Waals surface area contributed by atoms with Crippen LogP contribution in [0.5, 0.6) is 5.75 Å². The number of urea groups is 1. The molecule has 1 aliphatic rings. The first-order chi connectivity index (χ1) is 13.6. The van der Waals surface area contributed by atoms with Crippen LogP contribution in [0.15, 0.2) is 29.6 Å². The number of anilines is 2. The number of amides is 3. The van der Waals surface area contributed by atoms with Gasteiger partial charge in [-0.3, -0.25) is 10.1 Å². The highest BCUT2D eigenvalue weighted by atomic mass is 32.1. The SMILES string of the molecule is CCOc1ccccc1NC(=O)Cc1csc(NC(=O)NC2CCCCC2)n1. The Labute approximate surface area is 168 Å². The molecule has 0 saturated heterocycles. The van der Waals surface area contributed by atoms with Gasteiger partial charge in [0.1, 0.15) is 5.75 Å². The van der Waals surface area contributed by atoms with Crippen molar-refractivity contribution in [2.45, 2.75) is 51.5 Å². The summed E-state index contributed by atoms with van der Waals surface area (Å²) in [5, 5.41) is 10.9. The van der Waals surface area contributed by atoms with Gasteiger partial charge in [-0.05, 0) is 31.9 Å². The molecular weight excluding hydrogens is 376 g/mol. The second-order valence-corrected chi connectivity index (χ2v) is 7.59. The lowest BCUT2D eigenvalue weighted by Crippen LogP contribution is -2.39. The highest BCUT2D eigenvalue weighted by Crippen LogP contribution is 2.24. The molecule has 1 aromatic heterocycles. The second kappa shape index (κ2) is 10.1. The van der Waals surface area contributed by atoms with E-state index in [1.54, 1.807) is 11.4 Å². The zero-order valence-electron chi connectivity index (χ0n) is 16.0. The first-order valence-electron chi connectivity index (χ1n) is 9.67. The molecule has 0 unspecified atom stereocenters. The molecule has 1 heterocycles. The number of ether oxygens (including phenoxy) is 1. The average Bonchev–Trinajstić information content (AvgIpc) is 3.10. The van der Waals surface area contributed by atoms with E-state index in [1.165, 1.54) is 17.8 Å². The molecular formula is C20H26N4O3S. The number of carbonyl (C=O) groups excluding carboxylic acids is 2. The van der Waals surface area contributed by atoms with Crippen molar-refractivity contribution in [2.75, 3.05) is 17.2 Å². The van der Waals surface area contributed by atoms with Crippen molar-refractivity contribution >= 4 is 34.1 Å². The van der Waals surface area contributed by atoms with Gasteiger partial charge < -0.3 is 15.4 Å². The molecule has 3 amide bonds. The molecule has 28 heavy (non-hydrogen) atoms. The van der Waals surface area contributed by atoms with Gasteiger partial charge in [0.15, 0.2) is 5.13 Å². The molecule has 7 nitrogen and oxygen atoms in total. The quantitative estimate of drug-likeness (QED) is 0.648. The van der Waals surface area contributed by atoms with E-state index in [4.69, 9.17) is 4.74 Å². The molecule has 3 N–H and O–H groups in total. The van der Waals surface area contributed by atoms with Crippen molar-refractivity contribution in [3.05, 3.63) is 35.3 Å². The Kier molecular flexibility index (Phi) is 7.25. The summed E-state index contributed by atoms with van der Waals surface area (Å²) in [7, 11) is 0. The number of para-hydroxylation sites is 2. The van der Waals surface area contributed by atoms with Crippen molar-refractivity contribution in [1.29, 1.82) is 0 Å². The Morgan fingerprint density at radius 2 is 1.96 bits per heavy atom. The second-order valence-electron chi connectivity index (χ2n) is 6.73. The van der Waals surface area contributed by atoms with Gasteiger partial charge in [-0.2, -0.15) is 0 Å². The monoisotopic (exact) mass is 402 g/mol. The third kappa shape index (κ3) is 5.95. The number of carbonyl (C=O) groups is 2. The predicted octanol–water partition coefficient (Wildman–Crippen LogP) is 4.18. The maximum absolute atomic E-state index is 12.3. The number of benzene rings is 1. The standard InChI is InChI=1S/C20H26N4O3S/c1-2-27-17-11-7-6-10-16(17)23-18(25)12-15-13-28-20(22-15)24-19(26)21-14-8-4-3-5-9-14/h6-7,10-11,13-14H,2-5,8-9,12H2,1H3,(H,23,25)(H2,21,22,24,26). The first-order valence-corrected chi connectivity index (χ1v) is 10.6. The maximum Gasteiger partial charge on any atom is 0.321 e. The number of nitrogens with zero attached hydrogens (tertiary/aromatic N) is 1. The summed E-state index contributed by atoms with van der Waals surface area (Å²) < 4.78 is 5.52. The molecule has 1 aromatic carbocycles. The fourth-order valence-corrected chi connectivity index (χ4v) is 3.93. The lowest BCUT2D eigenvalue weighted by molar-refractivity contribution is -0.115. The van der Waals surface area contributed by atoms with E-state index in [1.807, 2.05) is 25.1 Å². The number of hydrogen-bond donors (Lipinski definition) is 3. The van der Waals surface area contributed by atoms with Gasteiger partial charge in [-0.15, -0.1) is 11.3 Å². The van der Waals surface area contributed by atoms with Crippen molar-refractivity contribution in [3.8, 4) is 5.75 Å². The van der Waals surface area contributed by atoms with Crippen LogP contribution in [0.25, 0.3) is 0 Å². The summed E-state index contributed by atoms with van der Waals surface area (Å²) in [5.41, 5.74) is 1.25. The Hall–Kier alpha value is -2.61. The molecule has 8 heteroatoms. The molecule has 1 aliphatic carbocycles. The normalized spacial score (nSPS) is 14.3. The highest BCUT2D eigenvalue weighted by Gasteiger charge is 2.17. The van der Waals surface area contributed by atoms with Crippen LogP contribution < -0.4 is 20.7 Å². The summed E-state index contributed by atoms with van der Waals surface area (Å²) in [6, 6.07) is 7.32. The van der Waals surface area contributed by atoms with E-state index in [9.17, 15) is 9.59 Å². The molecule has 0 atom stereocenters. The van der Waals surface area contributed by atoms with Gasteiger partial charge in [-0.25, -0.2) is 9.78 Å². The number of thiazole rings is 1. The van der Waals surface area contributed by atoms with E-state index >= 15 is 0 Å². The fraction of sp³-hybridized carbons (Fsp3) is 0.450. The summed E-state index contributed by atoms with van der Waals surface area (Å²) in [5.74, 6) is 0.453. The van der Waals surface area contributed by atoms with Crippen LogP contribution in [0.1, 0.15) is 44.7 Å². The van der Waals surface area contributed by atoms with Crippen LogP contribution in [-0.2, 0) is 11.2 Å². The minimum absolute atomic E-state index is 0.128. The Balaban J connectivity index is 1.50. The molecule has 3 rings (SSSR count). The summed E-state index contributed by atoms with van der Waals surface area (Å²) in [6.07, 6.45) is 5.75. The van der Waals surface area contributed by atoms with Crippen LogP contribution in [0.3, 0.4) is 0 Å². The molecule has 0 bridgehead atoms. The molecule has 0 spiro atoms. The molecule has 150 valence electrons. The number of nitrogens with one attached hydrogen (secondary N) is 3. The van der Waals surface area contributed by atoms with Crippen LogP contribution in [0.4, 0.5) is 15.6 Å². The lowest BCUT2D eigenvalue weighted by atomic mass is 9.96. The van der Waals surface area contributed by atoms with Crippen LogP contribution in [0.2, 0.25) is 0 Å². The van der Waals surface area contributed by atoms with E-state index in [0.717, 1.165) is 25.7 Å². The Bertz CT molecular complexity index is 802. The van der Waals surface area contributed by atoms with Crippen LogP contribution in [0, 0.1) is 0 Å². The zero-order valence-corrected chi connectivity index (χ0v) is 16.8. The van der Waals surface area contributed by atoms with Gasteiger partial charge >= 0.3 is 6.03 Å². The number of rotatable bonds is 7. The topological polar surface area (TPSA) is 92.4 Å². The summed E-state index contributed by atoms with van der Waals surface area (Å²) in [6.45, 7) is 2.42. The molecule has 0 radical (unpaired) electrons. The zero-order chi connectivity index (χ0) is 19.8. The minimum Gasteiger partial charge on any atom is -0.492 e. The van der Waals surface area contributed by atoms with E-state index in [-0.39, 0.29) is 24.4 Å². The minimum atomic E-state index is -0.233. The largest absolute Gasteiger partial charge is 0.492 e. The summed E-state index contributed by atoms with van der Waals surface area (Å²) >= 11 is 1.31. The van der Waals surface area contributed by atoms with E-state index in [0.29, 0.717) is 28.9 Å². The third-order valence-electron chi connectivity index (χ3n) is 4.52. The van der Waals surface area contributed by atoms with Crippen LogP contribution in [-0.4, -0.2) is 29.6 Å². The van der Waals surface area contributed by atoms with Crippen molar-refractivity contribution in [1.82, 2.24) is 10.3 Å². The van der Waals surface area contributed by atoms with Gasteiger partial charge in [0.2, 0.25) is 5.91 Å². The Morgan fingerprint density at radius 3 is 2.75 bits per heavy atom. The number of hydrogen-bond acceptors (Lipinski definition) is 5. The summed E-state index contributed by atoms with van der Waals surface area (Å²) in [4.78, 5) is 28.8. The molecule has 1 saturated carbocycles. The van der Waals surface area contributed by atoms with Gasteiger partial charge in [0.05, 0.1) is 24.4 Å². The van der Waals surface area contributed by atoms with Gasteiger partial charge in [0, 0.05) is 11.4 Å². The fourth-order valence-electron chi connectivity index (χ4n) is 3.22. The smallest absolute Gasteiger partial charge is 0.321 e. The average molecular weight is 403 g/mol. The van der Waals surface area contributed by atoms with E-state index in [2.05, 4.69) is 20.9 Å². The number of aromatic nitrogens is 1. The highest BCUT2D eigenvalue weighted by molar-refractivity contribution is 7.13. The first kappa shape index (κ1) is 20.1.